The first-order valence-corrected chi connectivity index (χ1v) is 10.9. The molecule has 0 aromatic heterocycles. The summed E-state index contributed by atoms with van der Waals surface area (Å²) in [7, 11) is 0. The number of benzene rings is 4. The van der Waals surface area contributed by atoms with Gasteiger partial charge in [0.25, 0.3) is 0 Å². The lowest BCUT2D eigenvalue weighted by atomic mass is 9.51. The van der Waals surface area contributed by atoms with E-state index in [9.17, 15) is 0 Å². The van der Waals surface area contributed by atoms with Gasteiger partial charge in [-0.25, -0.2) is 0 Å². The van der Waals surface area contributed by atoms with E-state index in [4.69, 9.17) is 4.74 Å². The van der Waals surface area contributed by atoms with E-state index in [1.807, 2.05) is 42.5 Å². The topological polar surface area (TPSA) is 12.5 Å². The summed E-state index contributed by atoms with van der Waals surface area (Å²) in [4.78, 5) is 2.41. The number of aryl methyl sites for hydroxylation is 1. The zero-order chi connectivity index (χ0) is 21.8. The van der Waals surface area contributed by atoms with Crippen LogP contribution in [0.2, 0.25) is 0 Å². The molecule has 4 aromatic rings. The zero-order valence-corrected chi connectivity index (χ0v) is 18.1. The number of nitrogens with zero attached hydrogens (tertiary/aromatic N) is 1. The van der Waals surface area contributed by atoms with E-state index >= 15 is 0 Å². The molecule has 0 atom stereocenters. The first-order chi connectivity index (χ1) is 15.8. The molecular formula is C29H24BNO. The fourth-order valence-electron chi connectivity index (χ4n) is 4.17. The predicted molar refractivity (Wildman–Crippen MR) is 136 cm³/mol. The molecule has 3 heteroatoms. The Hall–Kier alpha value is -3.98. The summed E-state index contributed by atoms with van der Waals surface area (Å²) in [5.74, 6) is 3.93. The van der Waals surface area contributed by atoms with Gasteiger partial charge in [-0.2, -0.15) is 0 Å². The highest BCUT2D eigenvalue weighted by molar-refractivity contribution is 6.83. The molecule has 0 radical (unpaired) electrons. The maximum absolute atomic E-state index is 6.02. The molecule has 0 aliphatic carbocycles. The van der Waals surface area contributed by atoms with Crippen LogP contribution in [0.25, 0.3) is 5.70 Å². The number of hydrogen-bond donors (Lipinski definition) is 0. The molecule has 32 heavy (non-hydrogen) atoms. The van der Waals surface area contributed by atoms with Gasteiger partial charge in [-0.1, -0.05) is 90.4 Å². The lowest BCUT2D eigenvalue weighted by molar-refractivity contribution is 0.483. The summed E-state index contributed by atoms with van der Waals surface area (Å²) in [5.41, 5.74) is 6.08. The number of ether oxygens (including phenoxy) is 1. The van der Waals surface area contributed by atoms with Crippen molar-refractivity contribution in [2.24, 2.45) is 0 Å². The molecule has 0 N–H and O–H groups in total. The standard InChI is InChI=1S/C29H24BNO/c1-23-11-8-9-16-28(23)30-22-10-17-29(24-12-4-2-5-13-24)31(30)25-18-20-27(21-19-25)32-26-14-6-3-7-15-26/h2-22H,1H3. The molecule has 0 bridgehead atoms. The molecule has 0 amide bonds. The smallest absolute Gasteiger partial charge is 0.320 e. The predicted octanol–water partition coefficient (Wildman–Crippen LogP) is 6.64. The third-order valence-electron chi connectivity index (χ3n) is 5.76. The Morgan fingerprint density at radius 1 is 0.656 bits per heavy atom. The lowest BCUT2D eigenvalue weighted by Gasteiger charge is -2.35. The van der Waals surface area contributed by atoms with Gasteiger partial charge in [-0.05, 0) is 60.4 Å². The van der Waals surface area contributed by atoms with Crippen molar-refractivity contribution in [1.82, 2.24) is 0 Å². The van der Waals surface area contributed by atoms with Crippen LogP contribution in [-0.2, 0) is 0 Å². The summed E-state index contributed by atoms with van der Waals surface area (Å²) < 4.78 is 6.02. The van der Waals surface area contributed by atoms with Crippen molar-refractivity contribution in [3.63, 3.8) is 0 Å². The summed E-state index contributed by atoms with van der Waals surface area (Å²) in [5, 5.41) is 0. The van der Waals surface area contributed by atoms with Gasteiger partial charge in [0, 0.05) is 11.4 Å². The highest BCUT2D eigenvalue weighted by Crippen LogP contribution is 2.32. The second-order valence-electron chi connectivity index (χ2n) is 7.88. The van der Waals surface area contributed by atoms with Gasteiger partial charge in [0.1, 0.15) is 11.5 Å². The number of allylic oxidation sites excluding steroid dienone is 2. The average molecular weight is 413 g/mol. The van der Waals surface area contributed by atoms with E-state index in [1.165, 1.54) is 22.3 Å². The molecule has 2 nitrogen and oxygen atoms in total. The molecule has 0 saturated heterocycles. The highest BCUT2D eigenvalue weighted by Gasteiger charge is 2.30. The van der Waals surface area contributed by atoms with Gasteiger partial charge in [0.2, 0.25) is 0 Å². The third-order valence-corrected chi connectivity index (χ3v) is 5.76. The average Bonchev–Trinajstić information content (AvgIpc) is 2.86. The molecular weight excluding hydrogens is 389 g/mol. The second kappa shape index (κ2) is 9.03. The molecule has 4 aromatic carbocycles. The molecule has 5 rings (SSSR count). The summed E-state index contributed by atoms with van der Waals surface area (Å²) in [6.07, 6.45) is 4.36. The van der Waals surface area contributed by atoms with Crippen LogP contribution in [0.4, 0.5) is 5.69 Å². The molecule has 1 aliphatic rings. The van der Waals surface area contributed by atoms with Crippen LogP contribution in [0.15, 0.2) is 127 Å². The first-order valence-electron chi connectivity index (χ1n) is 10.9. The van der Waals surface area contributed by atoms with Crippen LogP contribution < -0.4 is 15.0 Å². The maximum Gasteiger partial charge on any atom is 0.320 e. The van der Waals surface area contributed by atoms with Crippen LogP contribution in [-0.4, -0.2) is 6.85 Å². The Balaban J connectivity index is 1.54. The van der Waals surface area contributed by atoms with E-state index in [0.29, 0.717) is 0 Å². The number of para-hydroxylation sites is 1. The van der Waals surface area contributed by atoms with Gasteiger partial charge >= 0.3 is 6.85 Å². The normalized spacial score (nSPS) is 13.1. The fourth-order valence-corrected chi connectivity index (χ4v) is 4.17. The van der Waals surface area contributed by atoms with E-state index in [-0.39, 0.29) is 6.85 Å². The Labute approximate surface area is 190 Å². The summed E-state index contributed by atoms with van der Waals surface area (Å²) in [6, 6.07) is 37.4. The van der Waals surface area contributed by atoms with Crippen LogP contribution >= 0.6 is 0 Å². The van der Waals surface area contributed by atoms with Crippen molar-refractivity contribution >= 4 is 23.7 Å². The molecule has 0 unspecified atom stereocenters. The molecule has 0 saturated carbocycles. The van der Waals surface area contributed by atoms with Gasteiger partial charge in [0.05, 0.1) is 0 Å². The van der Waals surface area contributed by atoms with Crippen LogP contribution in [0, 0.1) is 6.92 Å². The SMILES string of the molecule is Cc1ccccc1B1C=CC=C(c2ccccc2)N1c1ccc(Oc2ccccc2)cc1. The van der Waals surface area contributed by atoms with Crippen molar-refractivity contribution in [1.29, 1.82) is 0 Å². The first kappa shape index (κ1) is 20.0. The van der Waals surface area contributed by atoms with Crippen molar-refractivity contribution < 1.29 is 4.74 Å². The van der Waals surface area contributed by atoms with Gasteiger partial charge in [-0.15, -0.1) is 0 Å². The highest BCUT2D eigenvalue weighted by atomic mass is 16.5. The molecule has 1 heterocycles. The minimum atomic E-state index is 0.109. The largest absolute Gasteiger partial charge is 0.457 e. The number of hydrogen-bond acceptors (Lipinski definition) is 2. The van der Waals surface area contributed by atoms with Gasteiger partial charge < -0.3 is 9.55 Å². The Bertz CT molecular complexity index is 1250. The lowest BCUT2D eigenvalue weighted by Crippen LogP contribution is -2.48. The monoisotopic (exact) mass is 413 g/mol. The summed E-state index contributed by atoms with van der Waals surface area (Å²) >= 11 is 0. The van der Waals surface area contributed by atoms with E-state index in [1.54, 1.807) is 0 Å². The zero-order valence-electron chi connectivity index (χ0n) is 18.1. The quantitative estimate of drug-likeness (QED) is 0.340. The van der Waals surface area contributed by atoms with Crippen molar-refractivity contribution in [2.45, 2.75) is 6.92 Å². The minimum Gasteiger partial charge on any atom is -0.457 e. The Kier molecular flexibility index (Phi) is 5.63. The van der Waals surface area contributed by atoms with Gasteiger partial charge in [-0.3, -0.25) is 0 Å². The number of rotatable bonds is 5. The van der Waals surface area contributed by atoms with E-state index < -0.39 is 0 Å². The van der Waals surface area contributed by atoms with E-state index in [0.717, 1.165) is 17.2 Å². The molecule has 0 fully saturated rings. The molecule has 1 aliphatic heterocycles. The number of anilines is 1. The fraction of sp³-hybridized carbons (Fsp3) is 0.0345. The van der Waals surface area contributed by atoms with Gasteiger partial charge in [0.15, 0.2) is 0 Å². The van der Waals surface area contributed by atoms with Crippen molar-refractivity contribution in [3.05, 3.63) is 138 Å². The molecule has 154 valence electrons. The van der Waals surface area contributed by atoms with Crippen LogP contribution in [0.3, 0.4) is 0 Å². The van der Waals surface area contributed by atoms with Crippen molar-refractivity contribution in [3.8, 4) is 11.5 Å². The van der Waals surface area contributed by atoms with Crippen LogP contribution in [0.1, 0.15) is 11.1 Å². The second-order valence-corrected chi connectivity index (χ2v) is 7.88. The Morgan fingerprint density at radius 3 is 2.00 bits per heavy atom. The van der Waals surface area contributed by atoms with Crippen LogP contribution in [0.5, 0.6) is 11.5 Å². The molecule has 0 spiro atoms. The summed E-state index contributed by atoms with van der Waals surface area (Å²) in [6.45, 7) is 2.29. The Morgan fingerprint density at radius 2 is 1.28 bits per heavy atom. The maximum atomic E-state index is 6.02. The van der Waals surface area contributed by atoms with Crippen molar-refractivity contribution in [2.75, 3.05) is 4.81 Å². The van der Waals surface area contributed by atoms with E-state index in [2.05, 4.69) is 96.6 Å². The third kappa shape index (κ3) is 4.10. The minimum absolute atomic E-state index is 0.109.